The third-order valence-electron chi connectivity index (χ3n) is 0. The maximum absolute atomic E-state index is 2.25. The van der Waals surface area contributed by atoms with E-state index in [0.29, 0.717) is 0 Å². The van der Waals surface area contributed by atoms with Crippen molar-refractivity contribution in [2.75, 3.05) is 0 Å². The molecule has 0 aromatic heterocycles. The summed E-state index contributed by atoms with van der Waals surface area (Å²) in [6.07, 6.45) is 0. The van der Waals surface area contributed by atoms with Gasteiger partial charge in [0.2, 0.25) is 0 Å². The van der Waals surface area contributed by atoms with Gasteiger partial charge in [0, 0.05) is 0 Å². The molecule has 0 aliphatic rings. The summed E-state index contributed by atoms with van der Waals surface area (Å²) < 4.78 is 1.36. The molecule has 0 amide bonds. The molecule has 0 spiro atoms. The van der Waals surface area contributed by atoms with Gasteiger partial charge in [-0.1, -0.05) is 0 Å². The Morgan fingerprint density at radius 3 is 1.50 bits per heavy atom. The zero-order valence-electron chi connectivity index (χ0n) is 2.26. The van der Waals surface area contributed by atoms with Gasteiger partial charge in [-0.05, 0) is 0 Å². The fourth-order valence-corrected chi connectivity index (χ4v) is 0. The quantitative estimate of drug-likeness (QED) is 0.472. The Labute approximate surface area is 53.6 Å². The molecule has 0 saturated heterocycles. The van der Waals surface area contributed by atoms with Gasteiger partial charge in [-0.15, -0.1) is 0 Å². The van der Waals surface area contributed by atoms with Gasteiger partial charge in [-0.25, -0.2) is 0 Å². The van der Waals surface area contributed by atoms with Crippen molar-refractivity contribution >= 4 is 45.2 Å². The number of halogens is 2. The second-order valence-corrected chi connectivity index (χ2v) is 5.75. The van der Waals surface area contributed by atoms with E-state index in [4.69, 9.17) is 0 Å². The van der Waals surface area contributed by atoms with Crippen molar-refractivity contribution in [3.05, 3.63) is 1.93 Å². The third kappa shape index (κ3) is 9.82. The largest absolute Gasteiger partial charge is 0.301 e. The highest BCUT2D eigenvalue weighted by Gasteiger charge is 1.51. The van der Waals surface area contributed by atoms with E-state index < -0.39 is 0 Å². The van der Waals surface area contributed by atoms with Crippen LogP contribution in [0.4, 0.5) is 0 Å². The standard InChI is InChI=1S/C2H3I2/c1-2(3)4/h1H3/q-1. The maximum atomic E-state index is 2.25. The van der Waals surface area contributed by atoms with E-state index in [9.17, 15) is 0 Å². The molecule has 2 heteroatoms. The van der Waals surface area contributed by atoms with Crippen molar-refractivity contribution in [3.8, 4) is 0 Å². The molecule has 0 bridgehead atoms. The van der Waals surface area contributed by atoms with Crippen molar-refractivity contribution < 1.29 is 0 Å². The van der Waals surface area contributed by atoms with Crippen LogP contribution in [0.25, 0.3) is 0 Å². The Hall–Kier alpha value is 1.46. The van der Waals surface area contributed by atoms with E-state index in [1.165, 1.54) is 1.93 Å². The minimum atomic E-state index is 1.36. The van der Waals surface area contributed by atoms with Crippen molar-refractivity contribution in [1.29, 1.82) is 0 Å². The van der Waals surface area contributed by atoms with Crippen LogP contribution in [0.3, 0.4) is 0 Å². The van der Waals surface area contributed by atoms with E-state index in [1.807, 2.05) is 0 Å². The Kier molecular flexibility index (Phi) is 3.66. The van der Waals surface area contributed by atoms with Crippen LogP contribution in [0, 0.1) is 1.93 Å². The average molecular weight is 281 g/mol. The highest BCUT2D eigenvalue weighted by atomic mass is 127. The second-order valence-electron chi connectivity index (χ2n) is 0.449. The summed E-state index contributed by atoms with van der Waals surface area (Å²) in [6.45, 7) is 2.06. The molecule has 0 heterocycles. The first-order valence-corrected chi connectivity index (χ1v) is 3.04. The third-order valence-corrected chi connectivity index (χ3v) is 0. The smallest absolute Gasteiger partial charge is 0.171 e. The lowest BCUT2D eigenvalue weighted by molar-refractivity contribution is 1.75. The van der Waals surface area contributed by atoms with E-state index in [1.54, 1.807) is 0 Å². The van der Waals surface area contributed by atoms with Gasteiger partial charge in [0.1, 0.15) is 0 Å². The van der Waals surface area contributed by atoms with Crippen molar-refractivity contribution in [1.82, 2.24) is 0 Å². The molecular weight excluding hydrogens is 278 g/mol. The van der Waals surface area contributed by atoms with Crippen LogP contribution in [0.1, 0.15) is 6.92 Å². The first-order chi connectivity index (χ1) is 1.73. The Morgan fingerprint density at radius 2 is 1.50 bits per heavy atom. The van der Waals surface area contributed by atoms with Gasteiger partial charge in [-0.3, -0.25) is 0 Å². The Morgan fingerprint density at radius 1 is 1.50 bits per heavy atom. The summed E-state index contributed by atoms with van der Waals surface area (Å²) in [5.74, 6) is 0. The first kappa shape index (κ1) is 5.46. The predicted molar refractivity (Wildman–Crippen MR) is 37.0 cm³/mol. The van der Waals surface area contributed by atoms with E-state index in [-0.39, 0.29) is 0 Å². The molecule has 0 aromatic rings. The molecule has 4 heavy (non-hydrogen) atoms. The minimum Gasteiger partial charge on any atom is -0.301 e. The molecule has 0 unspecified atom stereocenters. The molecule has 0 aromatic carbocycles. The van der Waals surface area contributed by atoms with Gasteiger partial charge >= 0.3 is 0 Å². The van der Waals surface area contributed by atoms with Crippen LogP contribution in [0.2, 0.25) is 0 Å². The highest BCUT2D eigenvalue weighted by Crippen LogP contribution is 2.16. The Balaban J connectivity index is 2.32. The molecule has 26 valence electrons. The zero-order valence-corrected chi connectivity index (χ0v) is 6.57. The molecule has 0 rings (SSSR count). The van der Waals surface area contributed by atoms with E-state index >= 15 is 0 Å². The van der Waals surface area contributed by atoms with Gasteiger partial charge in [0.25, 0.3) is 0 Å². The van der Waals surface area contributed by atoms with Crippen LogP contribution in [0.5, 0.6) is 0 Å². The van der Waals surface area contributed by atoms with Crippen LogP contribution < -0.4 is 0 Å². The molecule has 0 aliphatic carbocycles. The molecular formula is C2H3I2-. The molecule has 0 nitrogen and oxygen atoms in total. The Bertz CT molecular complexity index is 8.75. The van der Waals surface area contributed by atoms with Gasteiger partial charge in [-0.2, -0.15) is 8.86 Å². The summed E-state index contributed by atoms with van der Waals surface area (Å²) >= 11 is 4.49. The first-order valence-electron chi connectivity index (χ1n) is 0.878. The molecule has 0 fully saturated rings. The molecule has 0 saturated carbocycles. The summed E-state index contributed by atoms with van der Waals surface area (Å²) in [5, 5.41) is 0. The second kappa shape index (κ2) is 2.68. The van der Waals surface area contributed by atoms with Gasteiger partial charge < -0.3 is 45.2 Å². The number of rotatable bonds is 0. The number of hydrogen-bond acceptors (Lipinski definition) is 0. The topological polar surface area (TPSA) is 0 Å². The zero-order chi connectivity index (χ0) is 3.58. The van der Waals surface area contributed by atoms with Crippen molar-refractivity contribution in [3.63, 3.8) is 0 Å². The fourth-order valence-electron chi connectivity index (χ4n) is 0. The van der Waals surface area contributed by atoms with Crippen LogP contribution >= 0.6 is 45.2 Å². The molecule has 0 N–H and O–H groups in total. The SMILES string of the molecule is C[C-](I)I. The van der Waals surface area contributed by atoms with Crippen LogP contribution in [-0.4, -0.2) is 0 Å². The maximum Gasteiger partial charge on any atom is -0.171 e. The summed E-state index contributed by atoms with van der Waals surface area (Å²) in [4.78, 5) is 0. The minimum absolute atomic E-state index is 1.36. The molecule has 0 atom stereocenters. The van der Waals surface area contributed by atoms with E-state index in [2.05, 4.69) is 52.1 Å². The summed E-state index contributed by atoms with van der Waals surface area (Å²) in [6, 6.07) is 0. The summed E-state index contributed by atoms with van der Waals surface area (Å²) in [7, 11) is 0. The van der Waals surface area contributed by atoms with Crippen LogP contribution in [-0.2, 0) is 0 Å². The number of hydrogen-bond donors (Lipinski definition) is 0. The van der Waals surface area contributed by atoms with Crippen molar-refractivity contribution in [2.45, 2.75) is 6.92 Å². The van der Waals surface area contributed by atoms with E-state index in [0.717, 1.165) is 0 Å². The monoisotopic (exact) mass is 281 g/mol. The normalized spacial score (nSPS) is 9.00. The molecule has 0 aliphatic heterocycles. The fraction of sp³-hybridized carbons (Fsp3) is 0.500. The highest BCUT2D eigenvalue weighted by molar-refractivity contribution is 14.2. The van der Waals surface area contributed by atoms with Gasteiger partial charge in [0.15, 0.2) is 0 Å². The average Bonchev–Trinajstić information content (AvgIpc) is 0.811. The lowest BCUT2D eigenvalue weighted by Crippen LogP contribution is -1.42. The summed E-state index contributed by atoms with van der Waals surface area (Å²) in [5.41, 5.74) is 0. The lowest BCUT2D eigenvalue weighted by atomic mass is 11.0. The van der Waals surface area contributed by atoms with Gasteiger partial charge in [0.05, 0.1) is 0 Å². The lowest BCUT2D eigenvalue weighted by Gasteiger charge is -1.96. The molecule has 0 radical (unpaired) electrons. The van der Waals surface area contributed by atoms with Crippen molar-refractivity contribution in [2.24, 2.45) is 0 Å². The van der Waals surface area contributed by atoms with Crippen LogP contribution in [0.15, 0.2) is 0 Å². The predicted octanol–water partition coefficient (Wildman–Crippen LogP) is 2.37.